The maximum absolute atomic E-state index is 10.9. The number of aromatic nitrogens is 2. The Kier molecular flexibility index (Phi) is 4.40. The SMILES string of the molecule is CCc1nn(C)c(CN2CCCC(C=O)C2)c1Cl. The Hall–Kier alpha value is -0.870. The van der Waals surface area contributed by atoms with E-state index in [1.54, 1.807) is 0 Å². The van der Waals surface area contributed by atoms with Gasteiger partial charge in [0.1, 0.15) is 6.29 Å². The van der Waals surface area contributed by atoms with Crippen LogP contribution in [0.4, 0.5) is 0 Å². The summed E-state index contributed by atoms with van der Waals surface area (Å²) in [5.74, 6) is 0.177. The van der Waals surface area contributed by atoms with E-state index in [-0.39, 0.29) is 5.92 Å². The van der Waals surface area contributed by atoms with E-state index in [0.29, 0.717) is 0 Å². The van der Waals surface area contributed by atoms with Crippen molar-refractivity contribution in [1.82, 2.24) is 14.7 Å². The molecule has 2 rings (SSSR count). The number of likely N-dealkylation sites (tertiary alicyclic amines) is 1. The second-order valence-electron chi connectivity index (χ2n) is 4.96. The number of hydrogen-bond acceptors (Lipinski definition) is 3. The number of carbonyl (C=O) groups is 1. The standard InChI is InChI=1S/C13H20ClN3O/c1-3-11-13(14)12(16(2)15-11)8-17-6-4-5-10(7-17)9-18/h9-10H,3-8H2,1-2H3. The molecule has 100 valence electrons. The van der Waals surface area contributed by atoms with Gasteiger partial charge in [0.15, 0.2) is 0 Å². The van der Waals surface area contributed by atoms with E-state index in [4.69, 9.17) is 11.6 Å². The fourth-order valence-electron chi connectivity index (χ4n) is 2.55. The molecular formula is C13H20ClN3O. The molecule has 0 amide bonds. The Balaban J connectivity index is 2.09. The molecule has 1 atom stereocenters. The largest absolute Gasteiger partial charge is 0.303 e. The lowest BCUT2D eigenvalue weighted by Crippen LogP contribution is -2.36. The maximum atomic E-state index is 10.9. The number of rotatable bonds is 4. The van der Waals surface area contributed by atoms with Crippen LogP contribution in [0.1, 0.15) is 31.2 Å². The first-order valence-corrected chi connectivity index (χ1v) is 6.91. The molecule has 1 aromatic heterocycles. The number of piperidine rings is 1. The number of hydrogen-bond donors (Lipinski definition) is 0. The molecule has 1 saturated heterocycles. The van der Waals surface area contributed by atoms with Crippen LogP contribution in [0.5, 0.6) is 0 Å². The summed E-state index contributed by atoms with van der Waals surface area (Å²) in [6, 6.07) is 0. The molecule has 0 aliphatic carbocycles. The maximum Gasteiger partial charge on any atom is 0.124 e. The molecule has 18 heavy (non-hydrogen) atoms. The Bertz CT molecular complexity index is 430. The minimum atomic E-state index is 0.177. The van der Waals surface area contributed by atoms with Gasteiger partial charge in [-0.05, 0) is 25.8 Å². The quantitative estimate of drug-likeness (QED) is 0.785. The summed E-state index contributed by atoms with van der Waals surface area (Å²) in [6.45, 7) is 4.72. The zero-order chi connectivity index (χ0) is 13.1. The number of aryl methyl sites for hydroxylation is 2. The van der Waals surface area contributed by atoms with E-state index in [1.807, 2.05) is 11.7 Å². The van der Waals surface area contributed by atoms with Crippen LogP contribution in [-0.2, 0) is 24.8 Å². The van der Waals surface area contributed by atoms with E-state index in [9.17, 15) is 4.79 Å². The molecule has 0 radical (unpaired) electrons. The van der Waals surface area contributed by atoms with Crippen molar-refractivity contribution in [2.24, 2.45) is 13.0 Å². The fourth-order valence-corrected chi connectivity index (χ4v) is 2.90. The number of aldehydes is 1. The van der Waals surface area contributed by atoms with Gasteiger partial charge in [-0.1, -0.05) is 18.5 Å². The summed E-state index contributed by atoms with van der Waals surface area (Å²) >= 11 is 6.34. The van der Waals surface area contributed by atoms with Crippen molar-refractivity contribution in [3.05, 3.63) is 16.4 Å². The smallest absolute Gasteiger partial charge is 0.124 e. The van der Waals surface area contributed by atoms with Gasteiger partial charge in [-0.15, -0.1) is 0 Å². The van der Waals surface area contributed by atoms with E-state index in [0.717, 1.165) is 61.6 Å². The monoisotopic (exact) mass is 269 g/mol. The third kappa shape index (κ3) is 2.75. The third-order valence-electron chi connectivity index (χ3n) is 3.61. The van der Waals surface area contributed by atoms with Crippen molar-refractivity contribution in [3.63, 3.8) is 0 Å². The fraction of sp³-hybridized carbons (Fsp3) is 0.692. The van der Waals surface area contributed by atoms with Gasteiger partial charge < -0.3 is 4.79 Å². The summed E-state index contributed by atoms with van der Waals surface area (Å²) < 4.78 is 1.87. The third-order valence-corrected chi connectivity index (χ3v) is 4.05. The normalized spacial score (nSPS) is 21.2. The molecule has 0 bridgehead atoms. The highest BCUT2D eigenvalue weighted by Crippen LogP contribution is 2.24. The number of nitrogens with zero attached hydrogens (tertiary/aromatic N) is 3. The van der Waals surface area contributed by atoms with E-state index >= 15 is 0 Å². The highest BCUT2D eigenvalue weighted by molar-refractivity contribution is 6.31. The Labute approximate surface area is 113 Å². The molecule has 5 heteroatoms. The molecule has 4 nitrogen and oxygen atoms in total. The van der Waals surface area contributed by atoms with Crippen LogP contribution in [0.2, 0.25) is 5.02 Å². The highest BCUT2D eigenvalue weighted by Gasteiger charge is 2.22. The Morgan fingerprint density at radius 2 is 2.33 bits per heavy atom. The summed E-state index contributed by atoms with van der Waals surface area (Å²) in [4.78, 5) is 13.2. The van der Waals surface area contributed by atoms with Crippen LogP contribution in [0.15, 0.2) is 0 Å². The van der Waals surface area contributed by atoms with Crippen molar-refractivity contribution in [3.8, 4) is 0 Å². The first-order valence-electron chi connectivity index (χ1n) is 6.53. The Morgan fingerprint density at radius 1 is 1.56 bits per heavy atom. The van der Waals surface area contributed by atoms with Gasteiger partial charge in [-0.2, -0.15) is 5.10 Å². The topological polar surface area (TPSA) is 38.1 Å². The summed E-state index contributed by atoms with van der Waals surface area (Å²) in [6.07, 6.45) is 4.02. The van der Waals surface area contributed by atoms with Gasteiger partial charge in [-0.25, -0.2) is 0 Å². The molecule has 1 aromatic rings. The lowest BCUT2D eigenvalue weighted by molar-refractivity contribution is -0.112. The minimum Gasteiger partial charge on any atom is -0.303 e. The summed E-state index contributed by atoms with van der Waals surface area (Å²) in [5.41, 5.74) is 2.01. The lowest BCUT2D eigenvalue weighted by Gasteiger charge is -2.30. The van der Waals surface area contributed by atoms with Gasteiger partial charge in [0, 0.05) is 26.1 Å². The summed E-state index contributed by atoms with van der Waals surface area (Å²) in [5, 5.41) is 5.21. The molecule has 0 spiro atoms. The van der Waals surface area contributed by atoms with Crippen molar-refractivity contribution < 1.29 is 4.79 Å². The summed E-state index contributed by atoms with van der Waals surface area (Å²) in [7, 11) is 1.93. The van der Waals surface area contributed by atoms with Gasteiger partial charge in [0.25, 0.3) is 0 Å². The first-order chi connectivity index (χ1) is 8.65. The predicted octanol–water partition coefficient (Wildman–Crippen LogP) is 2.05. The second kappa shape index (κ2) is 5.85. The molecular weight excluding hydrogens is 250 g/mol. The average molecular weight is 270 g/mol. The van der Waals surface area contributed by atoms with Gasteiger partial charge in [-0.3, -0.25) is 9.58 Å². The van der Waals surface area contributed by atoms with Crippen molar-refractivity contribution in [1.29, 1.82) is 0 Å². The second-order valence-corrected chi connectivity index (χ2v) is 5.34. The van der Waals surface area contributed by atoms with Gasteiger partial charge >= 0.3 is 0 Å². The van der Waals surface area contributed by atoms with Crippen LogP contribution >= 0.6 is 11.6 Å². The molecule has 0 saturated carbocycles. The highest BCUT2D eigenvalue weighted by atomic mass is 35.5. The molecule has 2 heterocycles. The number of carbonyl (C=O) groups excluding carboxylic acids is 1. The van der Waals surface area contributed by atoms with Crippen LogP contribution in [0.3, 0.4) is 0 Å². The lowest BCUT2D eigenvalue weighted by atomic mass is 9.99. The zero-order valence-electron chi connectivity index (χ0n) is 11.0. The van der Waals surface area contributed by atoms with E-state index in [2.05, 4.69) is 16.9 Å². The van der Waals surface area contributed by atoms with Crippen LogP contribution < -0.4 is 0 Å². The van der Waals surface area contributed by atoms with Crippen LogP contribution in [0, 0.1) is 5.92 Å². The molecule has 1 aliphatic heterocycles. The van der Waals surface area contributed by atoms with Gasteiger partial charge in [0.05, 0.1) is 16.4 Å². The van der Waals surface area contributed by atoms with E-state index in [1.165, 1.54) is 0 Å². The average Bonchev–Trinajstić information content (AvgIpc) is 2.66. The van der Waals surface area contributed by atoms with Crippen molar-refractivity contribution >= 4 is 17.9 Å². The number of halogens is 1. The minimum absolute atomic E-state index is 0.177. The van der Waals surface area contributed by atoms with Gasteiger partial charge in [0.2, 0.25) is 0 Å². The zero-order valence-corrected chi connectivity index (χ0v) is 11.8. The predicted molar refractivity (Wildman–Crippen MR) is 71.7 cm³/mol. The molecule has 0 N–H and O–H groups in total. The molecule has 1 unspecified atom stereocenters. The van der Waals surface area contributed by atoms with E-state index < -0.39 is 0 Å². The van der Waals surface area contributed by atoms with Crippen LogP contribution in [-0.4, -0.2) is 34.1 Å². The van der Waals surface area contributed by atoms with Crippen molar-refractivity contribution in [2.75, 3.05) is 13.1 Å². The van der Waals surface area contributed by atoms with Crippen molar-refractivity contribution in [2.45, 2.75) is 32.7 Å². The first kappa shape index (κ1) is 13.6. The Morgan fingerprint density at radius 3 is 2.94 bits per heavy atom. The molecule has 0 aromatic carbocycles. The molecule has 1 aliphatic rings. The molecule has 1 fully saturated rings. The van der Waals surface area contributed by atoms with Crippen LogP contribution in [0.25, 0.3) is 0 Å².